The summed E-state index contributed by atoms with van der Waals surface area (Å²) in [6.07, 6.45) is 0.768. The summed E-state index contributed by atoms with van der Waals surface area (Å²) in [5.41, 5.74) is 0.584. The molecule has 0 aliphatic heterocycles. The molecular formula is C12H15NO4S. The van der Waals surface area contributed by atoms with Gasteiger partial charge in [0.05, 0.1) is 11.3 Å². The van der Waals surface area contributed by atoms with E-state index in [9.17, 15) is 13.2 Å². The monoisotopic (exact) mass is 269 g/mol. The van der Waals surface area contributed by atoms with Crippen LogP contribution in [0.25, 0.3) is 0 Å². The van der Waals surface area contributed by atoms with Crippen molar-refractivity contribution < 1.29 is 18.3 Å². The van der Waals surface area contributed by atoms with Crippen molar-refractivity contribution in [1.82, 2.24) is 4.72 Å². The number of benzene rings is 1. The lowest BCUT2D eigenvalue weighted by atomic mass is 10.2. The Labute approximate surface area is 106 Å². The molecule has 6 heteroatoms. The number of sulfonamides is 1. The zero-order valence-electron chi connectivity index (χ0n) is 9.96. The van der Waals surface area contributed by atoms with Gasteiger partial charge in [0.25, 0.3) is 0 Å². The number of rotatable bonds is 5. The van der Waals surface area contributed by atoms with Gasteiger partial charge in [0.1, 0.15) is 0 Å². The Hall–Kier alpha value is -1.40. The molecule has 0 heterocycles. The third-order valence-corrected chi connectivity index (χ3v) is 4.51. The van der Waals surface area contributed by atoms with Crippen molar-refractivity contribution in [3.05, 3.63) is 29.8 Å². The van der Waals surface area contributed by atoms with E-state index in [0.29, 0.717) is 11.5 Å². The normalized spacial score (nSPS) is 22.7. The molecule has 98 valence electrons. The summed E-state index contributed by atoms with van der Waals surface area (Å²) in [6.45, 7) is 1.99. The van der Waals surface area contributed by atoms with Crippen LogP contribution >= 0.6 is 0 Å². The molecule has 2 atom stereocenters. The van der Waals surface area contributed by atoms with Crippen LogP contribution in [-0.4, -0.2) is 25.5 Å². The van der Waals surface area contributed by atoms with Gasteiger partial charge in [-0.1, -0.05) is 19.1 Å². The minimum atomic E-state index is -3.47. The lowest BCUT2D eigenvalue weighted by Gasteiger charge is -2.06. The molecule has 0 aromatic heterocycles. The molecule has 0 spiro atoms. The van der Waals surface area contributed by atoms with Gasteiger partial charge in [-0.15, -0.1) is 0 Å². The number of nitrogens with one attached hydrogen (secondary N) is 1. The number of carbonyl (C=O) groups is 1. The summed E-state index contributed by atoms with van der Waals surface area (Å²) in [5.74, 6) is -0.540. The molecule has 0 bridgehead atoms. The van der Waals surface area contributed by atoms with E-state index in [1.807, 2.05) is 6.92 Å². The maximum Gasteiger partial charge on any atom is 0.307 e. The van der Waals surface area contributed by atoms with Crippen LogP contribution < -0.4 is 4.72 Å². The Kier molecular flexibility index (Phi) is 3.41. The zero-order chi connectivity index (χ0) is 13.3. The van der Waals surface area contributed by atoms with Gasteiger partial charge in [0, 0.05) is 6.04 Å². The van der Waals surface area contributed by atoms with Gasteiger partial charge in [-0.2, -0.15) is 0 Å². The second kappa shape index (κ2) is 4.70. The number of hydrogen-bond donors (Lipinski definition) is 2. The molecule has 5 nitrogen and oxygen atoms in total. The number of hydrogen-bond acceptors (Lipinski definition) is 3. The van der Waals surface area contributed by atoms with Crippen molar-refractivity contribution in [2.45, 2.75) is 30.7 Å². The highest BCUT2D eigenvalue weighted by Gasteiger charge is 2.36. The minimum Gasteiger partial charge on any atom is -0.481 e. The summed E-state index contributed by atoms with van der Waals surface area (Å²) < 4.78 is 26.5. The molecule has 2 N–H and O–H groups in total. The van der Waals surface area contributed by atoms with Gasteiger partial charge in [-0.25, -0.2) is 13.1 Å². The maximum atomic E-state index is 11.9. The van der Waals surface area contributed by atoms with Crippen molar-refractivity contribution in [1.29, 1.82) is 0 Å². The average molecular weight is 269 g/mol. The fourth-order valence-corrected chi connectivity index (χ4v) is 3.07. The standard InChI is InChI=1S/C12H15NO4S/c1-8-6-11(8)13-18(16,17)10-4-2-9(3-5-10)7-12(14)15/h2-5,8,11,13H,6-7H2,1H3,(H,14,15). The number of carboxylic acid groups (broad SMARTS) is 1. The largest absolute Gasteiger partial charge is 0.481 e. The van der Waals surface area contributed by atoms with E-state index in [1.165, 1.54) is 24.3 Å². The molecule has 1 fully saturated rings. The third kappa shape index (κ3) is 3.08. The highest BCUT2D eigenvalue weighted by atomic mass is 32.2. The topological polar surface area (TPSA) is 83.5 Å². The van der Waals surface area contributed by atoms with Crippen molar-refractivity contribution in [3.8, 4) is 0 Å². The predicted molar refractivity (Wildman–Crippen MR) is 65.7 cm³/mol. The second-order valence-corrected chi connectivity index (χ2v) is 6.37. The second-order valence-electron chi connectivity index (χ2n) is 4.66. The van der Waals surface area contributed by atoms with Crippen LogP contribution in [0.4, 0.5) is 0 Å². The Morgan fingerprint density at radius 1 is 1.39 bits per heavy atom. The summed E-state index contributed by atoms with van der Waals surface area (Å²) >= 11 is 0. The van der Waals surface area contributed by atoms with Crippen LogP contribution in [0.5, 0.6) is 0 Å². The van der Waals surface area contributed by atoms with Crippen molar-refractivity contribution in [2.75, 3.05) is 0 Å². The van der Waals surface area contributed by atoms with Crippen LogP contribution in [0.15, 0.2) is 29.2 Å². The molecule has 1 aromatic carbocycles. The Morgan fingerprint density at radius 3 is 2.39 bits per heavy atom. The van der Waals surface area contributed by atoms with E-state index in [-0.39, 0.29) is 17.4 Å². The van der Waals surface area contributed by atoms with Gasteiger partial charge in [0.2, 0.25) is 10.0 Å². The molecule has 2 rings (SSSR count). The van der Waals surface area contributed by atoms with Crippen LogP contribution in [0.1, 0.15) is 18.9 Å². The molecule has 0 radical (unpaired) electrons. The average Bonchev–Trinajstić information content (AvgIpc) is 2.93. The van der Waals surface area contributed by atoms with Gasteiger partial charge in [0.15, 0.2) is 0 Å². The molecule has 1 aliphatic rings. The first-order chi connectivity index (χ1) is 8.38. The van der Waals surface area contributed by atoms with E-state index in [1.54, 1.807) is 0 Å². The lowest BCUT2D eigenvalue weighted by molar-refractivity contribution is -0.136. The molecule has 18 heavy (non-hydrogen) atoms. The van der Waals surface area contributed by atoms with Crippen LogP contribution in [0.3, 0.4) is 0 Å². The Bertz CT molecular complexity index is 550. The van der Waals surface area contributed by atoms with E-state index in [2.05, 4.69) is 4.72 Å². The summed E-state index contributed by atoms with van der Waals surface area (Å²) in [5, 5.41) is 8.62. The molecule has 0 saturated heterocycles. The molecule has 1 aliphatic carbocycles. The van der Waals surface area contributed by atoms with Crippen LogP contribution in [0, 0.1) is 5.92 Å². The predicted octanol–water partition coefficient (Wildman–Crippen LogP) is 1.00. The smallest absolute Gasteiger partial charge is 0.307 e. The molecule has 2 unspecified atom stereocenters. The third-order valence-electron chi connectivity index (χ3n) is 3.01. The van der Waals surface area contributed by atoms with Crippen molar-refractivity contribution >= 4 is 16.0 Å². The van der Waals surface area contributed by atoms with Crippen LogP contribution in [0.2, 0.25) is 0 Å². The van der Waals surface area contributed by atoms with Gasteiger partial charge < -0.3 is 5.11 Å². The summed E-state index contributed by atoms with van der Waals surface area (Å²) in [6, 6.07) is 5.97. The Morgan fingerprint density at radius 2 is 1.94 bits per heavy atom. The van der Waals surface area contributed by atoms with Crippen molar-refractivity contribution in [3.63, 3.8) is 0 Å². The lowest BCUT2D eigenvalue weighted by Crippen LogP contribution is -2.26. The summed E-state index contributed by atoms with van der Waals surface area (Å²) in [7, 11) is -3.47. The highest BCUT2D eigenvalue weighted by molar-refractivity contribution is 7.89. The van der Waals surface area contributed by atoms with E-state index in [0.717, 1.165) is 6.42 Å². The first-order valence-electron chi connectivity index (χ1n) is 5.71. The van der Waals surface area contributed by atoms with Crippen LogP contribution in [-0.2, 0) is 21.2 Å². The fourth-order valence-electron chi connectivity index (χ4n) is 1.71. The van der Waals surface area contributed by atoms with Gasteiger partial charge in [-0.05, 0) is 30.0 Å². The fraction of sp³-hybridized carbons (Fsp3) is 0.417. The number of carboxylic acids is 1. The SMILES string of the molecule is CC1CC1NS(=O)(=O)c1ccc(CC(=O)O)cc1. The van der Waals surface area contributed by atoms with Crippen molar-refractivity contribution in [2.24, 2.45) is 5.92 Å². The summed E-state index contributed by atoms with van der Waals surface area (Å²) in [4.78, 5) is 10.7. The molecular weight excluding hydrogens is 254 g/mol. The van der Waals surface area contributed by atoms with Gasteiger partial charge >= 0.3 is 5.97 Å². The number of aliphatic carboxylic acids is 1. The van der Waals surface area contributed by atoms with Gasteiger partial charge in [-0.3, -0.25) is 4.79 Å². The van der Waals surface area contributed by atoms with E-state index >= 15 is 0 Å². The quantitative estimate of drug-likeness (QED) is 0.835. The first kappa shape index (κ1) is 13.0. The molecule has 0 amide bonds. The first-order valence-corrected chi connectivity index (χ1v) is 7.20. The minimum absolute atomic E-state index is 0.0358. The van der Waals surface area contributed by atoms with E-state index < -0.39 is 16.0 Å². The highest BCUT2D eigenvalue weighted by Crippen LogP contribution is 2.30. The molecule has 1 saturated carbocycles. The molecule has 1 aromatic rings. The maximum absolute atomic E-state index is 11.9. The van der Waals surface area contributed by atoms with E-state index in [4.69, 9.17) is 5.11 Å². The zero-order valence-corrected chi connectivity index (χ0v) is 10.8. The Balaban J connectivity index is 2.10.